The van der Waals surface area contributed by atoms with Crippen molar-refractivity contribution in [2.45, 2.75) is 70.4 Å². The summed E-state index contributed by atoms with van der Waals surface area (Å²) in [5.74, 6) is 1.11. The van der Waals surface area contributed by atoms with Crippen molar-refractivity contribution in [3.8, 4) is 17.0 Å². The fourth-order valence-corrected chi connectivity index (χ4v) is 6.48. The maximum Gasteiger partial charge on any atom is 0.410 e. The lowest BCUT2D eigenvalue weighted by Gasteiger charge is -2.40. The van der Waals surface area contributed by atoms with Crippen LogP contribution >= 0.6 is 11.3 Å². The molecule has 188 valence electrons. The number of aromatic nitrogens is 4. The van der Waals surface area contributed by atoms with Crippen LogP contribution in [0.1, 0.15) is 62.9 Å². The van der Waals surface area contributed by atoms with E-state index in [1.807, 2.05) is 51.1 Å². The van der Waals surface area contributed by atoms with E-state index in [2.05, 4.69) is 17.1 Å². The molecule has 0 bridgehead atoms. The molecule has 5 heterocycles. The van der Waals surface area contributed by atoms with Gasteiger partial charge in [0, 0.05) is 34.8 Å². The maximum atomic E-state index is 12.8. The van der Waals surface area contributed by atoms with E-state index >= 15 is 0 Å². The second-order valence-electron chi connectivity index (χ2n) is 11.1. The van der Waals surface area contributed by atoms with E-state index in [9.17, 15) is 4.79 Å². The molecule has 1 aliphatic heterocycles. The van der Waals surface area contributed by atoms with Gasteiger partial charge in [0.25, 0.3) is 0 Å². The molecule has 1 saturated heterocycles. The van der Waals surface area contributed by atoms with Crippen molar-refractivity contribution < 1.29 is 14.3 Å². The molecule has 1 spiro atoms. The lowest BCUT2D eigenvalue weighted by Crippen LogP contribution is -2.49. The highest BCUT2D eigenvalue weighted by Crippen LogP contribution is 2.53. The summed E-state index contributed by atoms with van der Waals surface area (Å²) in [5, 5.41) is 4.75. The minimum Gasteiger partial charge on any atom is -0.493 e. The molecular formula is C27H31N5O3S. The summed E-state index contributed by atoms with van der Waals surface area (Å²) >= 11 is 1.80. The standard InChI is InChI=1S/C27H31N5O3S/c1-16-15-32-24(29-16)21(34-5)11-19(30-32)18-10-23-20(28-14-18)12-22(36-23)17-6-9-31(27(13-17)7-8-27)25(33)35-26(2,3)4/h10-12,14-15,17H,6-9,13H2,1-5H3/t17-/m0/s1. The molecule has 1 aliphatic carbocycles. The second-order valence-corrected chi connectivity index (χ2v) is 12.2. The number of methoxy groups -OCH3 is 1. The molecular weight excluding hydrogens is 474 g/mol. The molecule has 2 aliphatic rings. The molecule has 9 heteroatoms. The Morgan fingerprint density at radius 3 is 2.75 bits per heavy atom. The van der Waals surface area contributed by atoms with Crippen LogP contribution in [0.3, 0.4) is 0 Å². The molecule has 4 aromatic rings. The highest BCUT2D eigenvalue weighted by atomic mass is 32.1. The van der Waals surface area contributed by atoms with Gasteiger partial charge in [-0.2, -0.15) is 5.10 Å². The number of ether oxygens (including phenoxy) is 2. The van der Waals surface area contributed by atoms with Crippen molar-refractivity contribution in [2.24, 2.45) is 0 Å². The average molecular weight is 506 g/mol. The smallest absolute Gasteiger partial charge is 0.410 e. The summed E-state index contributed by atoms with van der Waals surface area (Å²) in [6.45, 7) is 8.46. The van der Waals surface area contributed by atoms with E-state index in [-0.39, 0.29) is 11.6 Å². The largest absolute Gasteiger partial charge is 0.493 e. The van der Waals surface area contributed by atoms with Crippen molar-refractivity contribution in [1.82, 2.24) is 24.5 Å². The number of aryl methyl sites for hydroxylation is 1. The Labute approximate surface area is 214 Å². The van der Waals surface area contributed by atoms with Crippen LogP contribution < -0.4 is 4.74 Å². The average Bonchev–Trinajstić information content (AvgIpc) is 3.26. The number of pyridine rings is 1. The molecule has 1 atom stereocenters. The summed E-state index contributed by atoms with van der Waals surface area (Å²) in [4.78, 5) is 25.4. The summed E-state index contributed by atoms with van der Waals surface area (Å²) < 4.78 is 14.2. The number of thiophene rings is 1. The van der Waals surface area contributed by atoms with Crippen molar-refractivity contribution in [2.75, 3.05) is 13.7 Å². The molecule has 0 unspecified atom stereocenters. The van der Waals surface area contributed by atoms with Gasteiger partial charge in [-0.1, -0.05) is 0 Å². The topological polar surface area (TPSA) is 81.8 Å². The lowest BCUT2D eigenvalue weighted by atomic mass is 9.88. The number of rotatable bonds is 3. The fraction of sp³-hybridized carbons (Fsp3) is 0.481. The Morgan fingerprint density at radius 2 is 2.03 bits per heavy atom. The van der Waals surface area contributed by atoms with E-state index in [0.29, 0.717) is 17.3 Å². The molecule has 0 N–H and O–H groups in total. The first kappa shape index (κ1) is 23.2. The van der Waals surface area contributed by atoms with Crippen LogP contribution in [0.5, 0.6) is 5.75 Å². The molecule has 8 nitrogen and oxygen atoms in total. The third-order valence-electron chi connectivity index (χ3n) is 7.16. The molecule has 1 amide bonds. The Balaban J connectivity index is 1.26. The highest BCUT2D eigenvalue weighted by molar-refractivity contribution is 7.19. The van der Waals surface area contributed by atoms with Gasteiger partial charge < -0.3 is 14.4 Å². The van der Waals surface area contributed by atoms with Crippen LogP contribution in [0.25, 0.3) is 27.1 Å². The first-order chi connectivity index (χ1) is 17.1. The third kappa shape index (κ3) is 4.09. The number of fused-ring (bicyclic) bond motifs is 2. The van der Waals surface area contributed by atoms with Gasteiger partial charge in [-0.3, -0.25) is 4.98 Å². The zero-order valence-electron chi connectivity index (χ0n) is 21.4. The van der Waals surface area contributed by atoms with Crippen molar-refractivity contribution in [1.29, 1.82) is 0 Å². The predicted octanol–water partition coefficient (Wildman–Crippen LogP) is 5.97. The highest BCUT2D eigenvalue weighted by Gasteiger charge is 2.54. The van der Waals surface area contributed by atoms with Crippen molar-refractivity contribution >= 4 is 33.3 Å². The first-order valence-electron chi connectivity index (χ1n) is 12.5. The number of nitrogens with zero attached hydrogens (tertiary/aromatic N) is 5. The number of piperidine rings is 1. The van der Waals surface area contributed by atoms with Crippen LogP contribution in [-0.4, -0.2) is 55.4 Å². The number of carbonyl (C=O) groups is 1. The number of likely N-dealkylation sites (tertiary alicyclic amines) is 1. The van der Waals surface area contributed by atoms with Gasteiger partial charge in [0.15, 0.2) is 11.4 Å². The zero-order chi connectivity index (χ0) is 25.2. The van der Waals surface area contributed by atoms with Gasteiger partial charge >= 0.3 is 6.09 Å². The lowest BCUT2D eigenvalue weighted by molar-refractivity contribution is 0.00385. The fourth-order valence-electron chi connectivity index (χ4n) is 5.29. The number of carbonyl (C=O) groups excluding carboxylic acids is 1. The van der Waals surface area contributed by atoms with Crippen LogP contribution in [-0.2, 0) is 4.74 Å². The number of hydrogen-bond acceptors (Lipinski definition) is 7. The molecule has 0 radical (unpaired) electrons. The van der Waals surface area contributed by atoms with E-state index < -0.39 is 5.60 Å². The number of hydrogen-bond donors (Lipinski definition) is 0. The quantitative estimate of drug-likeness (QED) is 0.341. The Hall–Kier alpha value is -3.20. The summed E-state index contributed by atoms with van der Waals surface area (Å²) in [6.07, 6.45) is 7.64. The van der Waals surface area contributed by atoms with E-state index in [0.717, 1.165) is 59.4 Å². The monoisotopic (exact) mass is 505 g/mol. The predicted molar refractivity (Wildman–Crippen MR) is 140 cm³/mol. The van der Waals surface area contributed by atoms with Crippen molar-refractivity contribution in [3.63, 3.8) is 0 Å². The number of amides is 1. The van der Waals surface area contributed by atoms with E-state index in [4.69, 9.17) is 19.6 Å². The van der Waals surface area contributed by atoms with Crippen LogP contribution in [0.4, 0.5) is 4.79 Å². The minimum absolute atomic E-state index is 0.0428. The van der Waals surface area contributed by atoms with Gasteiger partial charge in [0.2, 0.25) is 0 Å². The van der Waals surface area contributed by atoms with E-state index in [1.165, 1.54) is 4.88 Å². The maximum absolute atomic E-state index is 12.8. The van der Waals surface area contributed by atoms with Crippen molar-refractivity contribution in [3.05, 3.63) is 41.2 Å². The van der Waals surface area contributed by atoms with Gasteiger partial charge in [-0.25, -0.2) is 14.3 Å². The normalized spacial score (nSPS) is 19.2. The van der Waals surface area contributed by atoms with Gasteiger partial charge in [-0.15, -0.1) is 11.3 Å². The molecule has 2 fully saturated rings. The Morgan fingerprint density at radius 1 is 1.22 bits per heavy atom. The van der Waals surface area contributed by atoms with Crippen LogP contribution in [0.2, 0.25) is 0 Å². The Kier molecular flexibility index (Phi) is 5.26. The van der Waals surface area contributed by atoms with Gasteiger partial charge in [0.05, 0.1) is 34.9 Å². The van der Waals surface area contributed by atoms with Crippen LogP contribution in [0, 0.1) is 6.92 Å². The summed E-state index contributed by atoms with van der Waals surface area (Å²) in [6, 6.07) is 6.31. The third-order valence-corrected chi connectivity index (χ3v) is 8.39. The molecule has 1 saturated carbocycles. The van der Waals surface area contributed by atoms with Gasteiger partial charge in [-0.05, 0) is 71.4 Å². The van der Waals surface area contributed by atoms with Crippen LogP contribution in [0.15, 0.2) is 30.6 Å². The molecule has 6 rings (SSSR count). The molecule has 36 heavy (non-hydrogen) atoms. The molecule has 0 aromatic carbocycles. The first-order valence-corrected chi connectivity index (χ1v) is 13.3. The van der Waals surface area contributed by atoms with Gasteiger partial charge in [0.1, 0.15) is 5.60 Å². The Bertz CT molecular complexity index is 1480. The summed E-state index contributed by atoms with van der Waals surface area (Å²) in [7, 11) is 1.65. The zero-order valence-corrected chi connectivity index (χ0v) is 22.2. The number of imidazole rings is 1. The molecule has 4 aromatic heterocycles. The minimum atomic E-state index is -0.473. The summed E-state index contributed by atoms with van der Waals surface area (Å²) in [5.41, 5.74) is 3.82. The SMILES string of the molecule is COc1cc(-c2cnc3cc([C@H]4CCN(C(=O)OC(C)(C)C)C5(CC5)C4)sc3c2)nn2cc(C)nc12. The van der Waals surface area contributed by atoms with E-state index in [1.54, 1.807) is 23.0 Å². The second kappa shape index (κ2) is 8.16.